The Morgan fingerprint density at radius 3 is 2.35 bits per heavy atom. The molecule has 0 bridgehead atoms. The molecule has 1 N–H and O–H groups in total. The molecular formula is C25H26Cl2FN3O2S. The van der Waals surface area contributed by atoms with Crippen molar-refractivity contribution >= 4 is 52.2 Å². The Hall–Kier alpha value is -2.61. The molecule has 5 nitrogen and oxygen atoms in total. The first-order valence-corrected chi connectivity index (χ1v) is 12.5. The molecule has 3 aromatic rings. The third-order valence-corrected chi connectivity index (χ3v) is 6.97. The largest absolute Gasteiger partial charge is 0.332 e. The van der Waals surface area contributed by atoms with Crippen molar-refractivity contribution in [2.24, 2.45) is 0 Å². The fourth-order valence-corrected chi connectivity index (χ4v) is 4.56. The van der Waals surface area contributed by atoms with Crippen LogP contribution in [0.4, 0.5) is 14.9 Å². The SMILES string of the molecule is CCCN(CC(=O)N(Cc1ccc(F)cc1)Cc1sccc1C)C(=O)Nc1ccc(Cl)c(Cl)c1. The van der Waals surface area contributed by atoms with E-state index in [1.807, 2.05) is 25.3 Å². The normalized spacial score (nSPS) is 10.7. The number of nitrogens with one attached hydrogen (secondary N) is 1. The number of anilines is 1. The molecule has 3 amide bonds. The minimum atomic E-state index is -0.400. The molecule has 0 unspecified atom stereocenters. The molecule has 0 atom stereocenters. The number of carbonyl (C=O) groups excluding carboxylic acids is 2. The van der Waals surface area contributed by atoms with Gasteiger partial charge in [0.1, 0.15) is 12.4 Å². The Morgan fingerprint density at radius 1 is 1.00 bits per heavy atom. The molecule has 0 aliphatic rings. The summed E-state index contributed by atoms with van der Waals surface area (Å²) in [7, 11) is 0. The summed E-state index contributed by atoms with van der Waals surface area (Å²) in [6.45, 7) is 4.97. The monoisotopic (exact) mass is 521 g/mol. The molecule has 9 heteroatoms. The van der Waals surface area contributed by atoms with Crippen molar-refractivity contribution in [3.05, 3.63) is 85.8 Å². The summed E-state index contributed by atoms with van der Waals surface area (Å²) in [6, 6.07) is 12.5. The van der Waals surface area contributed by atoms with Crippen molar-refractivity contribution in [1.82, 2.24) is 9.80 Å². The van der Waals surface area contributed by atoms with Crippen LogP contribution in [0.3, 0.4) is 0 Å². The number of thiophene rings is 1. The molecule has 1 aromatic heterocycles. The number of urea groups is 1. The molecule has 0 fully saturated rings. The lowest BCUT2D eigenvalue weighted by molar-refractivity contribution is -0.133. The van der Waals surface area contributed by atoms with Gasteiger partial charge in [-0.15, -0.1) is 11.3 Å². The molecule has 0 radical (unpaired) electrons. The number of halogens is 3. The van der Waals surface area contributed by atoms with Crippen molar-refractivity contribution in [2.75, 3.05) is 18.4 Å². The third-order valence-electron chi connectivity index (χ3n) is 5.22. The maximum atomic E-state index is 13.4. The standard InChI is InChI=1S/C25H26Cl2FN3O2S/c1-3-11-30(25(33)29-20-8-9-21(26)22(27)13-20)16-24(32)31(15-23-17(2)10-12-34-23)14-18-4-6-19(28)7-5-18/h4-10,12-13H,3,11,14-16H2,1-2H3,(H,29,33). The number of benzene rings is 2. The molecule has 1 heterocycles. The van der Waals surface area contributed by atoms with E-state index in [0.717, 1.165) is 16.0 Å². The van der Waals surface area contributed by atoms with Gasteiger partial charge in [-0.2, -0.15) is 0 Å². The Labute approximate surface area is 213 Å². The van der Waals surface area contributed by atoms with E-state index in [-0.39, 0.29) is 18.3 Å². The minimum Gasteiger partial charge on any atom is -0.332 e. The fourth-order valence-electron chi connectivity index (χ4n) is 3.34. The van der Waals surface area contributed by atoms with Gasteiger partial charge in [0, 0.05) is 23.7 Å². The van der Waals surface area contributed by atoms with Gasteiger partial charge >= 0.3 is 6.03 Å². The smallest absolute Gasteiger partial charge is 0.322 e. The van der Waals surface area contributed by atoms with Gasteiger partial charge in [0.2, 0.25) is 5.91 Å². The van der Waals surface area contributed by atoms with Crippen molar-refractivity contribution in [1.29, 1.82) is 0 Å². The predicted molar refractivity (Wildman–Crippen MR) is 137 cm³/mol. The van der Waals surface area contributed by atoms with Crippen LogP contribution in [0.25, 0.3) is 0 Å². The molecule has 0 aliphatic heterocycles. The van der Waals surface area contributed by atoms with Crippen molar-refractivity contribution in [3.63, 3.8) is 0 Å². The highest BCUT2D eigenvalue weighted by Crippen LogP contribution is 2.25. The average molecular weight is 522 g/mol. The van der Waals surface area contributed by atoms with Crippen LogP contribution in [0.2, 0.25) is 10.0 Å². The van der Waals surface area contributed by atoms with E-state index in [1.54, 1.807) is 46.6 Å². The third kappa shape index (κ3) is 7.19. The van der Waals surface area contributed by atoms with E-state index in [4.69, 9.17) is 23.2 Å². The molecule has 0 saturated carbocycles. The summed E-state index contributed by atoms with van der Waals surface area (Å²) in [4.78, 5) is 30.6. The highest BCUT2D eigenvalue weighted by Gasteiger charge is 2.22. The highest BCUT2D eigenvalue weighted by molar-refractivity contribution is 7.10. The number of carbonyl (C=O) groups is 2. The van der Waals surface area contributed by atoms with Gasteiger partial charge in [0.05, 0.1) is 16.6 Å². The molecule has 0 aliphatic carbocycles. The van der Waals surface area contributed by atoms with Gasteiger partial charge in [0.25, 0.3) is 0 Å². The van der Waals surface area contributed by atoms with Crippen LogP contribution >= 0.6 is 34.5 Å². The van der Waals surface area contributed by atoms with E-state index >= 15 is 0 Å². The second kappa shape index (κ2) is 12.2. The quantitative estimate of drug-likeness (QED) is 0.330. The van der Waals surface area contributed by atoms with Crippen LogP contribution in [0, 0.1) is 12.7 Å². The van der Waals surface area contributed by atoms with Crippen LogP contribution in [-0.2, 0) is 17.9 Å². The van der Waals surface area contributed by atoms with Gasteiger partial charge in [0.15, 0.2) is 0 Å². The Kier molecular flexibility index (Phi) is 9.33. The zero-order valence-corrected chi connectivity index (χ0v) is 21.3. The minimum absolute atomic E-state index is 0.0907. The fraction of sp³-hybridized carbons (Fsp3) is 0.280. The molecule has 180 valence electrons. The molecule has 34 heavy (non-hydrogen) atoms. The van der Waals surface area contributed by atoms with Crippen LogP contribution < -0.4 is 5.32 Å². The highest BCUT2D eigenvalue weighted by atomic mass is 35.5. The lowest BCUT2D eigenvalue weighted by Crippen LogP contribution is -2.44. The summed E-state index contributed by atoms with van der Waals surface area (Å²) in [5.74, 6) is -0.529. The lowest BCUT2D eigenvalue weighted by atomic mass is 10.2. The average Bonchev–Trinajstić information content (AvgIpc) is 3.21. The summed E-state index contributed by atoms with van der Waals surface area (Å²) in [5.41, 5.74) is 2.40. The topological polar surface area (TPSA) is 52.7 Å². The molecule has 0 saturated heterocycles. The van der Waals surface area contributed by atoms with E-state index in [9.17, 15) is 14.0 Å². The second-order valence-corrected chi connectivity index (χ2v) is 9.70. The maximum absolute atomic E-state index is 13.4. The van der Waals surface area contributed by atoms with E-state index in [0.29, 0.717) is 41.8 Å². The van der Waals surface area contributed by atoms with Crippen LogP contribution in [0.15, 0.2) is 53.9 Å². The van der Waals surface area contributed by atoms with Crippen molar-refractivity contribution in [2.45, 2.75) is 33.4 Å². The summed E-state index contributed by atoms with van der Waals surface area (Å²) >= 11 is 13.6. The first kappa shape index (κ1) is 26.0. The number of hydrogen-bond acceptors (Lipinski definition) is 3. The summed E-state index contributed by atoms with van der Waals surface area (Å²) in [6.07, 6.45) is 0.685. The van der Waals surface area contributed by atoms with Gasteiger partial charge in [-0.05, 0) is 66.2 Å². The number of rotatable bonds is 9. The first-order valence-electron chi connectivity index (χ1n) is 10.8. The maximum Gasteiger partial charge on any atom is 0.322 e. The number of nitrogens with zero attached hydrogens (tertiary/aromatic N) is 2. The zero-order valence-electron chi connectivity index (χ0n) is 19.0. The summed E-state index contributed by atoms with van der Waals surface area (Å²) < 4.78 is 13.4. The Morgan fingerprint density at radius 2 is 1.74 bits per heavy atom. The van der Waals surface area contributed by atoms with E-state index in [2.05, 4.69) is 5.32 Å². The van der Waals surface area contributed by atoms with Crippen molar-refractivity contribution in [3.8, 4) is 0 Å². The molecule has 3 rings (SSSR count). The first-order chi connectivity index (χ1) is 16.3. The molecule has 2 aromatic carbocycles. The summed E-state index contributed by atoms with van der Waals surface area (Å²) in [5, 5.41) is 5.49. The van der Waals surface area contributed by atoms with Gasteiger partial charge in [-0.3, -0.25) is 4.79 Å². The second-order valence-electron chi connectivity index (χ2n) is 7.88. The van der Waals surface area contributed by atoms with Crippen LogP contribution in [0.5, 0.6) is 0 Å². The zero-order chi connectivity index (χ0) is 24.7. The van der Waals surface area contributed by atoms with Crippen LogP contribution in [-0.4, -0.2) is 34.8 Å². The lowest BCUT2D eigenvalue weighted by Gasteiger charge is -2.28. The van der Waals surface area contributed by atoms with Crippen LogP contribution in [0.1, 0.15) is 29.3 Å². The number of hydrogen-bond donors (Lipinski definition) is 1. The predicted octanol–water partition coefficient (Wildman–Crippen LogP) is 6.98. The Balaban J connectivity index is 1.76. The number of aryl methyl sites for hydroxylation is 1. The van der Waals surface area contributed by atoms with Gasteiger partial charge in [-0.1, -0.05) is 42.3 Å². The number of amides is 3. The van der Waals surface area contributed by atoms with Crippen molar-refractivity contribution < 1.29 is 14.0 Å². The Bertz CT molecular complexity index is 1140. The van der Waals surface area contributed by atoms with Gasteiger partial charge < -0.3 is 15.1 Å². The molecular weight excluding hydrogens is 496 g/mol. The van der Waals surface area contributed by atoms with Gasteiger partial charge in [-0.25, -0.2) is 9.18 Å². The van der Waals surface area contributed by atoms with E-state index < -0.39 is 6.03 Å². The van der Waals surface area contributed by atoms with E-state index in [1.165, 1.54) is 17.0 Å². The molecule has 0 spiro atoms.